The highest BCUT2D eigenvalue weighted by Crippen LogP contribution is 2.21. The SMILES string of the molecule is CCN(CC)C(=O)[C@H](C)n1c(=O)c2ccccc2n1-c1ccccc1. The van der Waals surface area contributed by atoms with Crippen LogP contribution < -0.4 is 5.56 Å². The lowest BCUT2D eigenvalue weighted by Crippen LogP contribution is -2.40. The zero-order valence-electron chi connectivity index (χ0n) is 14.8. The fourth-order valence-electron chi connectivity index (χ4n) is 3.26. The van der Waals surface area contributed by atoms with Crippen molar-refractivity contribution >= 4 is 16.8 Å². The maximum absolute atomic E-state index is 13.0. The molecule has 0 saturated carbocycles. The molecule has 5 heteroatoms. The highest BCUT2D eigenvalue weighted by molar-refractivity contribution is 5.83. The van der Waals surface area contributed by atoms with Crippen LogP contribution in [0.15, 0.2) is 59.4 Å². The number of likely N-dealkylation sites (N-methyl/N-ethyl adjacent to an activating group) is 1. The molecule has 0 saturated heterocycles. The van der Waals surface area contributed by atoms with E-state index in [-0.39, 0.29) is 11.5 Å². The van der Waals surface area contributed by atoms with Crippen molar-refractivity contribution in [3.63, 3.8) is 0 Å². The van der Waals surface area contributed by atoms with Gasteiger partial charge in [-0.25, -0.2) is 9.36 Å². The van der Waals surface area contributed by atoms with Crippen molar-refractivity contribution in [2.24, 2.45) is 0 Å². The number of hydrogen-bond acceptors (Lipinski definition) is 2. The summed E-state index contributed by atoms with van der Waals surface area (Å²) >= 11 is 0. The van der Waals surface area contributed by atoms with E-state index in [0.717, 1.165) is 11.2 Å². The van der Waals surface area contributed by atoms with Crippen molar-refractivity contribution in [1.82, 2.24) is 14.3 Å². The maximum atomic E-state index is 13.0. The van der Waals surface area contributed by atoms with Gasteiger partial charge in [-0.3, -0.25) is 9.59 Å². The van der Waals surface area contributed by atoms with Gasteiger partial charge in [0.05, 0.1) is 16.6 Å². The Labute approximate surface area is 147 Å². The fraction of sp³-hybridized carbons (Fsp3) is 0.300. The van der Waals surface area contributed by atoms with Crippen LogP contribution >= 0.6 is 0 Å². The van der Waals surface area contributed by atoms with Gasteiger partial charge in [-0.15, -0.1) is 0 Å². The molecule has 3 aromatic rings. The summed E-state index contributed by atoms with van der Waals surface area (Å²) in [6.07, 6.45) is 0. The number of fused-ring (bicyclic) bond motifs is 1. The van der Waals surface area contributed by atoms with E-state index in [9.17, 15) is 9.59 Å². The van der Waals surface area contributed by atoms with Crippen LogP contribution in [0.3, 0.4) is 0 Å². The largest absolute Gasteiger partial charge is 0.341 e. The molecule has 0 radical (unpaired) electrons. The molecule has 1 atom stereocenters. The van der Waals surface area contributed by atoms with Crippen LogP contribution in [0, 0.1) is 0 Å². The Morgan fingerprint density at radius 2 is 1.60 bits per heavy atom. The van der Waals surface area contributed by atoms with E-state index >= 15 is 0 Å². The first-order valence-corrected chi connectivity index (χ1v) is 8.66. The van der Waals surface area contributed by atoms with Crippen LogP contribution in [0.5, 0.6) is 0 Å². The predicted octanol–water partition coefficient (Wildman–Crippen LogP) is 3.22. The molecule has 1 aromatic heterocycles. The molecule has 5 nitrogen and oxygen atoms in total. The van der Waals surface area contributed by atoms with Crippen molar-refractivity contribution in [3.8, 4) is 5.69 Å². The second kappa shape index (κ2) is 6.97. The van der Waals surface area contributed by atoms with Gasteiger partial charge < -0.3 is 4.90 Å². The zero-order chi connectivity index (χ0) is 18.0. The Morgan fingerprint density at radius 1 is 1.00 bits per heavy atom. The minimum absolute atomic E-state index is 0.0490. The van der Waals surface area contributed by atoms with Gasteiger partial charge in [0, 0.05) is 13.1 Å². The third kappa shape index (κ3) is 2.86. The monoisotopic (exact) mass is 337 g/mol. The number of para-hydroxylation sites is 2. The van der Waals surface area contributed by atoms with E-state index in [1.165, 1.54) is 0 Å². The minimum Gasteiger partial charge on any atom is -0.341 e. The number of hydrogen-bond donors (Lipinski definition) is 0. The standard InChI is InChI=1S/C20H23N3O2/c1-4-21(5-2)19(24)15(3)22-20(25)17-13-9-10-14-18(17)23(22)16-11-7-6-8-12-16/h6-15H,4-5H2,1-3H3/t15-/m0/s1. The second-order valence-electron chi connectivity index (χ2n) is 6.00. The van der Waals surface area contributed by atoms with Crippen molar-refractivity contribution in [2.45, 2.75) is 26.8 Å². The number of aromatic nitrogens is 2. The molecule has 3 rings (SSSR count). The first kappa shape index (κ1) is 17.0. The summed E-state index contributed by atoms with van der Waals surface area (Å²) in [5.41, 5.74) is 1.52. The van der Waals surface area contributed by atoms with E-state index in [2.05, 4.69) is 0 Å². The van der Waals surface area contributed by atoms with Crippen molar-refractivity contribution in [1.29, 1.82) is 0 Å². The van der Waals surface area contributed by atoms with E-state index in [1.54, 1.807) is 16.5 Å². The Morgan fingerprint density at radius 3 is 2.24 bits per heavy atom. The summed E-state index contributed by atoms with van der Waals surface area (Å²) in [6.45, 7) is 6.94. The fourth-order valence-corrected chi connectivity index (χ4v) is 3.26. The van der Waals surface area contributed by atoms with Crippen LogP contribution in [0.2, 0.25) is 0 Å². The van der Waals surface area contributed by atoms with Gasteiger partial charge in [-0.1, -0.05) is 30.3 Å². The smallest absolute Gasteiger partial charge is 0.275 e. The van der Waals surface area contributed by atoms with E-state index < -0.39 is 6.04 Å². The molecule has 0 N–H and O–H groups in total. The molecular weight excluding hydrogens is 314 g/mol. The average molecular weight is 337 g/mol. The molecule has 130 valence electrons. The Bertz CT molecular complexity index is 936. The molecule has 0 aliphatic heterocycles. The Hall–Kier alpha value is -2.82. The van der Waals surface area contributed by atoms with Gasteiger partial charge in [0.25, 0.3) is 5.56 Å². The maximum Gasteiger partial charge on any atom is 0.275 e. The molecule has 0 fully saturated rings. The minimum atomic E-state index is -0.583. The molecule has 0 aliphatic carbocycles. The van der Waals surface area contributed by atoms with E-state index in [0.29, 0.717) is 18.5 Å². The van der Waals surface area contributed by atoms with Crippen molar-refractivity contribution in [3.05, 3.63) is 65.0 Å². The zero-order valence-corrected chi connectivity index (χ0v) is 14.8. The first-order valence-electron chi connectivity index (χ1n) is 8.66. The van der Waals surface area contributed by atoms with Crippen molar-refractivity contribution in [2.75, 3.05) is 13.1 Å². The molecule has 2 aromatic carbocycles. The number of carbonyl (C=O) groups is 1. The van der Waals surface area contributed by atoms with Gasteiger partial charge in [-0.2, -0.15) is 0 Å². The van der Waals surface area contributed by atoms with Crippen LogP contribution in [0.1, 0.15) is 26.8 Å². The lowest BCUT2D eigenvalue weighted by molar-refractivity contribution is -0.134. The van der Waals surface area contributed by atoms with Gasteiger partial charge in [0.15, 0.2) is 0 Å². The summed E-state index contributed by atoms with van der Waals surface area (Å²) in [7, 11) is 0. The first-order chi connectivity index (χ1) is 12.1. The molecular formula is C20H23N3O2. The highest BCUT2D eigenvalue weighted by Gasteiger charge is 2.26. The predicted molar refractivity (Wildman–Crippen MR) is 100 cm³/mol. The van der Waals surface area contributed by atoms with E-state index in [4.69, 9.17) is 0 Å². The van der Waals surface area contributed by atoms with E-state index in [1.807, 2.05) is 73.1 Å². The van der Waals surface area contributed by atoms with Gasteiger partial charge in [-0.05, 0) is 45.0 Å². The third-order valence-electron chi connectivity index (χ3n) is 4.59. The highest BCUT2D eigenvalue weighted by atomic mass is 16.2. The third-order valence-corrected chi connectivity index (χ3v) is 4.59. The van der Waals surface area contributed by atoms with Gasteiger partial charge in [0.2, 0.25) is 5.91 Å². The Balaban J connectivity index is 2.26. The van der Waals surface area contributed by atoms with Gasteiger partial charge in [0.1, 0.15) is 6.04 Å². The lowest BCUT2D eigenvalue weighted by atomic mass is 10.2. The van der Waals surface area contributed by atoms with Crippen LogP contribution in [-0.4, -0.2) is 33.3 Å². The van der Waals surface area contributed by atoms with Crippen LogP contribution in [0.25, 0.3) is 16.6 Å². The molecule has 1 heterocycles. The van der Waals surface area contributed by atoms with Crippen LogP contribution in [-0.2, 0) is 4.79 Å². The van der Waals surface area contributed by atoms with Gasteiger partial charge >= 0.3 is 0 Å². The number of amides is 1. The molecule has 0 bridgehead atoms. The Kier molecular flexibility index (Phi) is 4.74. The number of benzene rings is 2. The molecule has 25 heavy (non-hydrogen) atoms. The number of carbonyl (C=O) groups excluding carboxylic acids is 1. The molecule has 0 unspecified atom stereocenters. The molecule has 0 spiro atoms. The average Bonchev–Trinajstić information content (AvgIpc) is 2.95. The molecule has 0 aliphatic rings. The summed E-state index contributed by atoms with van der Waals surface area (Å²) in [5, 5.41) is 0.616. The number of nitrogens with zero attached hydrogens (tertiary/aromatic N) is 3. The molecule has 1 amide bonds. The topological polar surface area (TPSA) is 47.2 Å². The van der Waals surface area contributed by atoms with Crippen molar-refractivity contribution < 1.29 is 4.79 Å². The quantitative estimate of drug-likeness (QED) is 0.718. The lowest BCUT2D eigenvalue weighted by Gasteiger charge is -2.25. The summed E-state index contributed by atoms with van der Waals surface area (Å²) < 4.78 is 3.42. The normalized spacial score (nSPS) is 12.3. The number of rotatable bonds is 5. The summed E-state index contributed by atoms with van der Waals surface area (Å²) in [4.78, 5) is 27.7. The van der Waals surface area contributed by atoms with Crippen LogP contribution in [0.4, 0.5) is 0 Å². The summed E-state index contributed by atoms with van der Waals surface area (Å²) in [5.74, 6) is -0.0490. The summed E-state index contributed by atoms with van der Waals surface area (Å²) in [6, 6.07) is 16.6. The second-order valence-corrected chi connectivity index (χ2v) is 6.00.